The van der Waals surface area contributed by atoms with Crippen molar-refractivity contribution in [1.29, 1.82) is 0 Å². The molecule has 14 heavy (non-hydrogen) atoms. The molecule has 0 spiro atoms. The third-order valence-electron chi connectivity index (χ3n) is 2.40. The van der Waals surface area contributed by atoms with Crippen molar-refractivity contribution >= 4 is 24.2 Å². The van der Waals surface area contributed by atoms with Gasteiger partial charge in [0.1, 0.15) is 7.85 Å². The number of H-pyrrole nitrogens is 1. The molecule has 0 bridgehead atoms. The van der Waals surface area contributed by atoms with Crippen molar-refractivity contribution in [3.05, 3.63) is 40.2 Å². The van der Waals surface area contributed by atoms with E-state index >= 15 is 0 Å². The predicted octanol–water partition coefficient (Wildman–Crippen LogP) is 0.884. The van der Waals surface area contributed by atoms with Gasteiger partial charge < -0.3 is 4.98 Å². The quantitative estimate of drug-likeness (QED) is 0.654. The van der Waals surface area contributed by atoms with Gasteiger partial charge in [0, 0.05) is 17.0 Å². The Morgan fingerprint density at radius 1 is 1.29 bits per heavy atom. The molecule has 0 aliphatic carbocycles. The normalized spacial score (nSPS) is 10.6. The Labute approximate surface area is 83.4 Å². The van der Waals surface area contributed by atoms with E-state index in [-0.39, 0.29) is 5.56 Å². The van der Waals surface area contributed by atoms with Gasteiger partial charge in [-0.15, -0.1) is 0 Å². The first-order valence-electron chi connectivity index (χ1n) is 4.62. The van der Waals surface area contributed by atoms with Gasteiger partial charge in [-0.1, -0.05) is 24.5 Å². The first kappa shape index (κ1) is 9.07. The van der Waals surface area contributed by atoms with Gasteiger partial charge in [0.15, 0.2) is 0 Å². The molecule has 0 fully saturated rings. The average Bonchev–Trinajstić information content (AvgIpc) is 2.19. The van der Waals surface area contributed by atoms with Crippen LogP contribution in [0.25, 0.3) is 10.9 Å². The minimum Gasteiger partial charge on any atom is -0.322 e. The standard InChI is InChI=1S/C11H10BNO/c1-2-7-3-5-9(12)11-8(7)4-6-10(14)13-11/h3-6H,2H2,1H3,(H,13,14). The minimum absolute atomic E-state index is 0.113. The van der Waals surface area contributed by atoms with E-state index in [9.17, 15) is 4.79 Å². The Morgan fingerprint density at radius 2 is 2.07 bits per heavy atom. The van der Waals surface area contributed by atoms with E-state index in [1.54, 1.807) is 0 Å². The van der Waals surface area contributed by atoms with Crippen LogP contribution in [0.1, 0.15) is 12.5 Å². The number of benzene rings is 1. The molecule has 3 heteroatoms. The summed E-state index contributed by atoms with van der Waals surface area (Å²) in [5.41, 5.74) is 2.45. The molecule has 1 heterocycles. The number of nitrogens with one attached hydrogen (secondary N) is 1. The smallest absolute Gasteiger partial charge is 0.248 e. The van der Waals surface area contributed by atoms with Crippen LogP contribution < -0.4 is 11.0 Å². The zero-order valence-corrected chi connectivity index (χ0v) is 8.00. The maximum absolute atomic E-state index is 11.1. The van der Waals surface area contributed by atoms with E-state index in [4.69, 9.17) is 7.85 Å². The Hall–Kier alpha value is -1.51. The second-order valence-electron chi connectivity index (χ2n) is 3.28. The van der Waals surface area contributed by atoms with Crippen molar-refractivity contribution in [2.45, 2.75) is 13.3 Å². The fraction of sp³-hybridized carbons (Fsp3) is 0.182. The first-order chi connectivity index (χ1) is 6.72. The fourth-order valence-electron chi connectivity index (χ4n) is 1.64. The van der Waals surface area contributed by atoms with Gasteiger partial charge in [0.2, 0.25) is 5.56 Å². The highest BCUT2D eigenvalue weighted by molar-refractivity contribution is 6.38. The number of aryl methyl sites for hydroxylation is 1. The Balaban J connectivity index is 2.91. The molecule has 68 valence electrons. The van der Waals surface area contributed by atoms with E-state index in [1.807, 2.05) is 18.2 Å². The average molecular weight is 183 g/mol. The molecule has 1 N–H and O–H groups in total. The van der Waals surface area contributed by atoms with Crippen molar-refractivity contribution in [3.63, 3.8) is 0 Å². The number of rotatable bonds is 1. The lowest BCUT2D eigenvalue weighted by molar-refractivity contribution is 1.15. The maximum Gasteiger partial charge on any atom is 0.248 e. The molecule has 2 nitrogen and oxygen atoms in total. The largest absolute Gasteiger partial charge is 0.322 e. The lowest BCUT2D eigenvalue weighted by Gasteiger charge is -2.06. The molecule has 0 aliphatic heterocycles. The molecular formula is C11H10BNO. The molecule has 0 saturated heterocycles. The van der Waals surface area contributed by atoms with Crippen LogP contribution in [-0.4, -0.2) is 12.8 Å². The van der Waals surface area contributed by atoms with Crippen LogP contribution in [0.4, 0.5) is 0 Å². The zero-order valence-electron chi connectivity index (χ0n) is 8.00. The maximum atomic E-state index is 11.1. The van der Waals surface area contributed by atoms with Gasteiger partial charge in [-0.25, -0.2) is 0 Å². The number of aromatic nitrogens is 1. The highest BCUT2D eigenvalue weighted by atomic mass is 16.1. The summed E-state index contributed by atoms with van der Waals surface area (Å²) in [5.74, 6) is 0. The van der Waals surface area contributed by atoms with Crippen LogP contribution in [0.2, 0.25) is 0 Å². The van der Waals surface area contributed by atoms with Crippen molar-refractivity contribution in [2.75, 3.05) is 0 Å². The number of hydrogen-bond donors (Lipinski definition) is 1. The Morgan fingerprint density at radius 3 is 2.79 bits per heavy atom. The highest BCUT2D eigenvalue weighted by Crippen LogP contribution is 2.13. The molecule has 1 aromatic heterocycles. The molecular weight excluding hydrogens is 173 g/mol. The van der Waals surface area contributed by atoms with Crippen LogP contribution in [0.5, 0.6) is 0 Å². The van der Waals surface area contributed by atoms with E-state index < -0.39 is 0 Å². The van der Waals surface area contributed by atoms with Crippen LogP contribution >= 0.6 is 0 Å². The molecule has 2 radical (unpaired) electrons. The van der Waals surface area contributed by atoms with Crippen LogP contribution in [-0.2, 0) is 6.42 Å². The summed E-state index contributed by atoms with van der Waals surface area (Å²) in [4.78, 5) is 13.9. The van der Waals surface area contributed by atoms with Crippen LogP contribution in [0.3, 0.4) is 0 Å². The molecule has 2 aromatic rings. The minimum atomic E-state index is -0.113. The van der Waals surface area contributed by atoms with Gasteiger partial charge in [0.25, 0.3) is 0 Å². The summed E-state index contributed by atoms with van der Waals surface area (Å²) in [5, 5.41) is 1.03. The molecule has 0 unspecified atom stereocenters. The molecule has 2 rings (SSSR count). The van der Waals surface area contributed by atoms with E-state index in [0.29, 0.717) is 5.46 Å². The summed E-state index contributed by atoms with van der Waals surface area (Å²) in [7, 11) is 5.78. The van der Waals surface area contributed by atoms with Crippen molar-refractivity contribution in [3.8, 4) is 0 Å². The topological polar surface area (TPSA) is 32.9 Å². The van der Waals surface area contributed by atoms with Crippen molar-refractivity contribution in [2.24, 2.45) is 0 Å². The van der Waals surface area contributed by atoms with Gasteiger partial charge >= 0.3 is 0 Å². The Kier molecular flexibility index (Phi) is 2.16. The summed E-state index contributed by atoms with van der Waals surface area (Å²) in [6.07, 6.45) is 0.933. The third-order valence-corrected chi connectivity index (χ3v) is 2.40. The lowest BCUT2D eigenvalue weighted by Crippen LogP contribution is -2.12. The van der Waals surface area contributed by atoms with Crippen LogP contribution in [0, 0.1) is 0 Å². The van der Waals surface area contributed by atoms with Gasteiger partial charge in [-0.05, 0) is 18.1 Å². The van der Waals surface area contributed by atoms with E-state index in [0.717, 1.165) is 17.3 Å². The highest BCUT2D eigenvalue weighted by Gasteiger charge is 2.01. The predicted molar refractivity (Wildman–Crippen MR) is 59.3 cm³/mol. The summed E-state index contributed by atoms with van der Waals surface area (Å²) in [6, 6.07) is 7.18. The second kappa shape index (κ2) is 3.33. The zero-order chi connectivity index (χ0) is 10.1. The Bertz CT molecular complexity index is 530. The molecule has 1 aromatic carbocycles. The monoisotopic (exact) mass is 183 g/mol. The van der Waals surface area contributed by atoms with Crippen LogP contribution in [0.15, 0.2) is 29.1 Å². The number of fused-ring (bicyclic) bond motifs is 1. The lowest BCUT2D eigenvalue weighted by atomic mass is 9.90. The second-order valence-corrected chi connectivity index (χ2v) is 3.28. The molecule has 0 atom stereocenters. The van der Waals surface area contributed by atoms with Gasteiger partial charge in [-0.3, -0.25) is 4.79 Å². The summed E-state index contributed by atoms with van der Waals surface area (Å²) in [6.45, 7) is 2.08. The number of pyridine rings is 1. The summed E-state index contributed by atoms with van der Waals surface area (Å²) < 4.78 is 0. The van der Waals surface area contributed by atoms with E-state index in [1.165, 1.54) is 11.6 Å². The SMILES string of the molecule is [B]c1ccc(CC)c2ccc(=O)[nH]c12. The fourth-order valence-corrected chi connectivity index (χ4v) is 1.64. The van der Waals surface area contributed by atoms with Crippen molar-refractivity contribution < 1.29 is 0 Å². The molecule has 0 amide bonds. The molecule has 0 aliphatic rings. The van der Waals surface area contributed by atoms with E-state index in [2.05, 4.69) is 11.9 Å². The van der Waals surface area contributed by atoms with Crippen molar-refractivity contribution in [1.82, 2.24) is 4.98 Å². The third kappa shape index (κ3) is 1.35. The first-order valence-corrected chi connectivity index (χ1v) is 4.62. The number of aromatic amines is 1. The van der Waals surface area contributed by atoms with Gasteiger partial charge in [-0.2, -0.15) is 0 Å². The molecule has 0 saturated carbocycles. The summed E-state index contributed by atoms with van der Waals surface area (Å²) >= 11 is 0. The van der Waals surface area contributed by atoms with Gasteiger partial charge in [0.05, 0.1) is 0 Å². The number of hydrogen-bond acceptors (Lipinski definition) is 1.